The lowest BCUT2D eigenvalue weighted by Crippen LogP contribution is -2.53. The van der Waals surface area contributed by atoms with Crippen LogP contribution in [0.4, 0.5) is 4.79 Å². The van der Waals surface area contributed by atoms with Gasteiger partial charge < -0.3 is 89.5 Å². The molecule has 0 saturated heterocycles. The van der Waals surface area contributed by atoms with Crippen LogP contribution in [0.5, 0.6) is 0 Å². The van der Waals surface area contributed by atoms with E-state index in [1.807, 2.05) is 0 Å². The quantitative estimate of drug-likeness (QED) is 0.0279. The monoisotopic (exact) mass is 752 g/mol. The minimum absolute atomic E-state index is 0.0296. The third-order valence-corrected chi connectivity index (χ3v) is 6.87. The van der Waals surface area contributed by atoms with E-state index in [0.29, 0.717) is 66.0 Å². The Morgan fingerprint density at radius 3 is 1.18 bits per heavy atom. The predicted molar refractivity (Wildman–Crippen MR) is 178 cm³/mol. The largest absolute Gasteiger partial charge is 0.444 e. The molecule has 0 aromatic carbocycles. The number of carbonyl (C=O) groups excluding carboxylic acids is 1. The first kappa shape index (κ1) is 49.6. The number of amides is 1. The summed E-state index contributed by atoms with van der Waals surface area (Å²) in [6.45, 7) is 6.87. The van der Waals surface area contributed by atoms with E-state index in [1.165, 1.54) is 4.90 Å². The Morgan fingerprint density at radius 1 is 0.529 bits per heavy atom. The number of aliphatic hydroxyl groups is 10. The lowest BCUT2D eigenvalue weighted by molar-refractivity contribution is -0.131. The summed E-state index contributed by atoms with van der Waals surface area (Å²) in [5.41, 5.74) is -0.550. The van der Waals surface area contributed by atoms with Crippen LogP contribution >= 0.6 is 0 Å². The van der Waals surface area contributed by atoms with Gasteiger partial charge in [0.1, 0.15) is 42.2 Å². The van der Waals surface area contributed by atoms with Crippen molar-refractivity contribution in [1.29, 1.82) is 0 Å². The number of carbonyl (C=O) groups is 1. The molecule has 20 nitrogen and oxygen atoms in total. The maximum atomic E-state index is 11.5. The van der Waals surface area contributed by atoms with Gasteiger partial charge in [0.2, 0.25) is 0 Å². The van der Waals surface area contributed by atoms with Crippen LogP contribution in [0.2, 0.25) is 0 Å². The van der Waals surface area contributed by atoms with Gasteiger partial charge in [-0.05, 0) is 20.8 Å². The van der Waals surface area contributed by atoms with Crippen molar-refractivity contribution in [2.75, 3.05) is 119 Å². The first-order chi connectivity index (χ1) is 24.1. The molecule has 0 aliphatic carbocycles. The van der Waals surface area contributed by atoms with Crippen molar-refractivity contribution in [3.8, 4) is 0 Å². The molecule has 306 valence electrons. The van der Waals surface area contributed by atoms with E-state index in [1.54, 1.807) is 20.8 Å². The van der Waals surface area contributed by atoms with Crippen LogP contribution in [0.3, 0.4) is 0 Å². The molecule has 0 heterocycles. The molecule has 0 saturated carbocycles. The summed E-state index contributed by atoms with van der Waals surface area (Å²) in [5.74, 6) is 0. The van der Waals surface area contributed by atoms with Crippen LogP contribution in [0.25, 0.3) is 0 Å². The minimum atomic E-state index is -1.88. The fourth-order valence-electron chi connectivity index (χ4n) is 4.06. The molecule has 0 aliphatic heterocycles. The van der Waals surface area contributed by atoms with E-state index in [2.05, 4.69) is 5.32 Å². The van der Waals surface area contributed by atoms with E-state index in [-0.39, 0.29) is 39.5 Å². The summed E-state index contributed by atoms with van der Waals surface area (Å²) in [6, 6.07) is 0. The normalized spacial score (nSPS) is 17.1. The maximum absolute atomic E-state index is 11.5. The molecular weight excluding hydrogens is 688 g/mol. The molecule has 0 radical (unpaired) electrons. The Balaban J connectivity index is 4.07. The number of hydrogen-bond donors (Lipinski definition) is 11. The Bertz CT molecular complexity index is 798. The van der Waals surface area contributed by atoms with Crippen molar-refractivity contribution in [3.05, 3.63) is 0 Å². The molecule has 8 atom stereocenters. The average Bonchev–Trinajstić information content (AvgIpc) is 3.09. The summed E-state index contributed by atoms with van der Waals surface area (Å²) in [4.78, 5) is 12.8. The molecule has 1 amide bonds. The first-order valence-corrected chi connectivity index (χ1v) is 17.0. The summed E-state index contributed by atoms with van der Waals surface area (Å²) in [7, 11) is 0. The highest BCUT2D eigenvalue weighted by atomic mass is 16.6. The molecule has 0 unspecified atom stereocenters. The third-order valence-electron chi connectivity index (χ3n) is 6.87. The molecule has 11 N–H and O–H groups in total. The van der Waals surface area contributed by atoms with E-state index in [4.69, 9.17) is 43.4 Å². The summed E-state index contributed by atoms with van der Waals surface area (Å²) in [6.07, 6.45) is -14.8. The first-order valence-electron chi connectivity index (χ1n) is 17.0. The molecule has 0 bridgehead atoms. The SMILES string of the molecule is CC(C)(C)OC(=O)NCCOCCOCCOCCOCCOCCOCCN(C[C@H](O)[C@@H](O)[C@H](O)[C@H](O)CO)C[C@H](O)[C@@H](O)[C@H](O)[C@H](O)CO. The highest BCUT2D eigenvalue weighted by molar-refractivity contribution is 5.67. The van der Waals surface area contributed by atoms with Gasteiger partial charge in [-0.3, -0.25) is 4.90 Å². The zero-order valence-corrected chi connectivity index (χ0v) is 30.0. The second kappa shape index (κ2) is 30.0. The van der Waals surface area contributed by atoms with Gasteiger partial charge in [-0.15, -0.1) is 0 Å². The second-order valence-corrected chi connectivity index (χ2v) is 12.5. The lowest BCUT2D eigenvalue weighted by atomic mass is 10.0. The lowest BCUT2D eigenvalue weighted by Gasteiger charge is -2.33. The molecule has 0 aromatic heterocycles. The molecule has 0 spiro atoms. The highest BCUT2D eigenvalue weighted by Crippen LogP contribution is 2.11. The van der Waals surface area contributed by atoms with Crippen molar-refractivity contribution in [3.63, 3.8) is 0 Å². The van der Waals surface area contributed by atoms with Crippen LogP contribution in [0, 0.1) is 0 Å². The van der Waals surface area contributed by atoms with E-state index >= 15 is 0 Å². The van der Waals surface area contributed by atoms with Crippen molar-refractivity contribution in [2.24, 2.45) is 0 Å². The van der Waals surface area contributed by atoms with Crippen molar-refractivity contribution < 1.29 is 89.0 Å². The molecular formula is C31H64N2O18. The topological polar surface area (TPSA) is 299 Å². The fourth-order valence-corrected chi connectivity index (χ4v) is 4.06. The van der Waals surface area contributed by atoms with E-state index < -0.39 is 73.7 Å². The van der Waals surface area contributed by atoms with Crippen LogP contribution in [-0.4, -0.2) is 235 Å². The molecule has 0 aromatic rings. The van der Waals surface area contributed by atoms with Gasteiger partial charge in [0.05, 0.1) is 105 Å². The van der Waals surface area contributed by atoms with Crippen molar-refractivity contribution in [1.82, 2.24) is 10.2 Å². The van der Waals surface area contributed by atoms with Gasteiger partial charge in [-0.25, -0.2) is 4.79 Å². The average molecular weight is 753 g/mol. The number of rotatable bonds is 33. The second-order valence-electron chi connectivity index (χ2n) is 12.5. The zero-order valence-electron chi connectivity index (χ0n) is 30.0. The predicted octanol–water partition coefficient (Wildman–Crippen LogP) is -5.22. The van der Waals surface area contributed by atoms with Gasteiger partial charge >= 0.3 is 6.09 Å². The molecule has 0 rings (SSSR count). The Labute approximate surface area is 299 Å². The molecule has 0 aliphatic rings. The molecule has 51 heavy (non-hydrogen) atoms. The van der Waals surface area contributed by atoms with E-state index in [9.17, 15) is 45.6 Å². The summed E-state index contributed by atoms with van der Waals surface area (Å²) in [5, 5.41) is 101. The summed E-state index contributed by atoms with van der Waals surface area (Å²) >= 11 is 0. The van der Waals surface area contributed by atoms with Gasteiger partial charge in [-0.1, -0.05) is 0 Å². The Hall–Kier alpha value is -1.41. The van der Waals surface area contributed by atoms with Crippen molar-refractivity contribution in [2.45, 2.75) is 75.2 Å². The van der Waals surface area contributed by atoms with Crippen LogP contribution in [-0.2, 0) is 33.2 Å². The standard InChI is InChI=1S/C31H64N2O18/c1-31(2,3)51-30(44)32-4-6-45-8-10-47-12-14-49-16-17-50-15-13-48-11-9-46-7-5-33(18-22(36)26(40)28(42)24(38)20-34)19-23(37)27(41)29(43)25(39)21-35/h22-29,34-43H,4-21H2,1-3H3,(H,32,44)/t22-,23-,24+,25+,26+,27+,28+,29+/m0/s1. The minimum Gasteiger partial charge on any atom is -0.444 e. The molecule has 0 fully saturated rings. The number of ether oxygens (including phenoxy) is 7. The number of hydrogen-bond acceptors (Lipinski definition) is 19. The Kier molecular flexibility index (Phi) is 29.1. The zero-order chi connectivity index (χ0) is 38.7. The third kappa shape index (κ3) is 26.1. The van der Waals surface area contributed by atoms with Gasteiger partial charge in [0, 0.05) is 26.2 Å². The van der Waals surface area contributed by atoms with Gasteiger partial charge in [0.25, 0.3) is 0 Å². The van der Waals surface area contributed by atoms with Crippen LogP contribution in [0.15, 0.2) is 0 Å². The number of nitrogens with zero attached hydrogens (tertiary/aromatic N) is 1. The molecule has 20 heteroatoms. The van der Waals surface area contributed by atoms with Gasteiger partial charge in [0.15, 0.2) is 0 Å². The van der Waals surface area contributed by atoms with E-state index in [0.717, 1.165) is 0 Å². The van der Waals surface area contributed by atoms with Crippen LogP contribution in [0.1, 0.15) is 20.8 Å². The Morgan fingerprint density at radius 2 is 0.843 bits per heavy atom. The number of alkyl carbamates (subject to hydrolysis) is 1. The smallest absolute Gasteiger partial charge is 0.407 e. The number of aliphatic hydroxyl groups excluding tert-OH is 10. The van der Waals surface area contributed by atoms with Gasteiger partial charge in [-0.2, -0.15) is 0 Å². The van der Waals surface area contributed by atoms with Crippen molar-refractivity contribution >= 4 is 6.09 Å². The number of nitrogens with one attached hydrogen (secondary N) is 1. The summed E-state index contributed by atoms with van der Waals surface area (Å²) < 4.78 is 37.7. The highest BCUT2D eigenvalue weighted by Gasteiger charge is 2.34. The van der Waals surface area contributed by atoms with Crippen LogP contribution < -0.4 is 5.32 Å². The fraction of sp³-hybridized carbons (Fsp3) is 0.968. The maximum Gasteiger partial charge on any atom is 0.407 e.